The fourth-order valence-corrected chi connectivity index (χ4v) is 5.56. The van der Waals surface area contributed by atoms with E-state index in [-0.39, 0.29) is 18.0 Å². The number of hydrogen-bond donors (Lipinski definition) is 0. The summed E-state index contributed by atoms with van der Waals surface area (Å²) in [4.78, 5) is 10.3. The molecule has 0 spiro atoms. The Morgan fingerprint density at radius 1 is 1.26 bits per heavy atom. The van der Waals surface area contributed by atoms with E-state index in [2.05, 4.69) is 4.74 Å². The van der Waals surface area contributed by atoms with Crippen LogP contribution in [0, 0.1) is 11.8 Å². The Hall–Kier alpha value is -0.710. The highest BCUT2D eigenvalue weighted by Crippen LogP contribution is 2.54. The van der Waals surface area contributed by atoms with E-state index < -0.39 is 32.0 Å². The Kier molecular flexibility index (Phi) is 6.99. The summed E-state index contributed by atoms with van der Waals surface area (Å²) < 4.78 is 61.3. The predicted octanol–water partition coefficient (Wildman–Crippen LogP) is 0.634. The van der Waals surface area contributed by atoms with Crippen molar-refractivity contribution in [3.8, 4) is 0 Å². The second-order valence-corrected chi connectivity index (χ2v) is 8.60. The third-order valence-corrected chi connectivity index (χ3v) is 6.31. The van der Waals surface area contributed by atoms with Crippen LogP contribution < -0.4 is 0 Å². The zero-order valence-corrected chi connectivity index (χ0v) is 15.1. The molecule has 0 amide bonds. The first-order valence-corrected chi connectivity index (χ1v) is 10.7. The maximum atomic E-state index is 11.3. The van der Waals surface area contributed by atoms with E-state index in [1.807, 2.05) is 13.8 Å². The Morgan fingerprint density at radius 3 is 2.26 bits per heavy atom. The molecule has 10 heteroatoms. The molecule has 2 saturated carbocycles. The van der Waals surface area contributed by atoms with Gasteiger partial charge in [0.15, 0.2) is 0 Å². The molecule has 8 nitrogen and oxygen atoms in total. The van der Waals surface area contributed by atoms with Gasteiger partial charge in [0.2, 0.25) is 0 Å². The maximum Gasteiger partial charge on any atom is 0.319 e. The van der Waals surface area contributed by atoms with Gasteiger partial charge in [0, 0.05) is 5.92 Å². The fourth-order valence-electron chi connectivity index (χ4n) is 3.26. The van der Waals surface area contributed by atoms with Crippen LogP contribution in [0.1, 0.15) is 40.0 Å². The summed E-state index contributed by atoms with van der Waals surface area (Å²) in [6.07, 6.45) is 3.00. The van der Waals surface area contributed by atoms with E-state index in [1.54, 1.807) is 0 Å². The van der Waals surface area contributed by atoms with Gasteiger partial charge in [-0.1, -0.05) is 13.8 Å². The van der Waals surface area contributed by atoms with Crippen molar-refractivity contribution in [3.05, 3.63) is 0 Å². The Balaban J connectivity index is 0.000000210. The van der Waals surface area contributed by atoms with Gasteiger partial charge in [0.05, 0.1) is 18.0 Å². The van der Waals surface area contributed by atoms with Gasteiger partial charge in [-0.25, -0.2) is 8.42 Å². The molecular weight excluding hydrogens is 348 g/mol. The van der Waals surface area contributed by atoms with Crippen molar-refractivity contribution in [1.29, 1.82) is 0 Å². The average Bonchev–Trinajstić information content (AvgIpc) is 3.01. The molecular formula is C13H23O8S2-. The van der Waals surface area contributed by atoms with Crippen molar-refractivity contribution >= 4 is 26.2 Å². The molecule has 136 valence electrons. The molecule has 0 radical (unpaired) electrons. The lowest BCUT2D eigenvalue weighted by Crippen LogP contribution is -2.21. The molecule has 0 aromatic carbocycles. The number of ether oxygens (including phenoxy) is 1. The normalized spacial score (nSPS) is 32.3. The number of carbonyl (C=O) groups is 1. The molecule has 0 N–H and O–H groups in total. The molecule has 4 unspecified atom stereocenters. The molecule has 3 fully saturated rings. The second-order valence-electron chi connectivity index (χ2n) is 5.41. The molecule has 3 rings (SSSR count). The van der Waals surface area contributed by atoms with E-state index in [4.69, 9.17) is 4.18 Å². The van der Waals surface area contributed by atoms with Gasteiger partial charge in [-0.05, 0) is 32.1 Å². The Morgan fingerprint density at radius 2 is 1.87 bits per heavy atom. The summed E-state index contributed by atoms with van der Waals surface area (Å²) in [5.41, 5.74) is 0. The quantitative estimate of drug-likeness (QED) is 0.402. The summed E-state index contributed by atoms with van der Waals surface area (Å²) in [5, 5.41) is -0.133. The van der Waals surface area contributed by atoms with Crippen molar-refractivity contribution in [2.45, 2.75) is 51.4 Å². The second kappa shape index (κ2) is 7.91. The predicted molar refractivity (Wildman–Crippen MR) is 81.0 cm³/mol. The van der Waals surface area contributed by atoms with Crippen molar-refractivity contribution in [3.63, 3.8) is 0 Å². The molecule has 0 aromatic heterocycles. The van der Waals surface area contributed by atoms with Crippen molar-refractivity contribution < 1.29 is 35.1 Å². The molecule has 23 heavy (non-hydrogen) atoms. The first-order chi connectivity index (χ1) is 10.6. The highest BCUT2D eigenvalue weighted by Gasteiger charge is 2.59. The average molecular weight is 371 g/mol. The van der Waals surface area contributed by atoms with Gasteiger partial charge in [-0.2, -0.15) is 8.42 Å². The smallest absolute Gasteiger partial charge is 0.319 e. The van der Waals surface area contributed by atoms with E-state index in [0.717, 1.165) is 19.3 Å². The number of fused-ring (bicyclic) bond motifs is 1. The molecule has 1 saturated heterocycles. The minimum atomic E-state index is -4.47. The zero-order valence-electron chi connectivity index (χ0n) is 13.4. The van der Waals surface area contributed by atoms with Gasteiger partial charge < -0.3 is 9.29 Å². The van der Waals surface area contributed by atoms with Crippen LogP contribution in [0.2, 0.25) is 0 Å². The third-order valence-electron chi connectivity index (χ3n) is 3.92. The van der Waals surface area contributed by atoms with Gasteiger partial charge in [0.1, 0.15) is 15.9 Å². The lowest BCUT2D eigenvalue weighted by Gasteiger charge is -2.11. The van der Waals surface area contributed by atoms with E-state index >= 15 is 0 Å². The van der Waals surface area contributed by atoms with Crippen LogP contribution in [0.5, 0.6) is 0 Å². The summed E-state index contributed by atoms with van der Waals surface area (Å²) in [7, 11) is -7.60. The van der Waals surface area contributed by atoms with Crippen LogP contribution in [0.15, 0.2) is 0 Å². The third kappa shape index (κ3) is 5.40. The number of hydrogen-bond acceptors (Lipinski definition) is 8. The molecule has 4 atom stereocenters. The zero-order chi connectivity index (χ0) is 17.8. The van der Waals surface area contributed by atoms with Gasteiger partial charge in [0.25, 0.3) is 10.1 Å². The van der Waals surface area contributed by atoms with Crippen LogP contribution >= 0.6 is 0 Å². The lowest BCUT2D eigenvalue weighted by molar-refractivity contribution is -0.140. The summed E-state index contributed by atoms with van der Waals surface area (Å²) >= 11 is 0. The fraction of sp³-hybridized carbons (Fsp3) is 0.923. The van der Waals surface area contributed by atoms with Gasteiger partial charge in [-0.15, -0.1) is 0 Å². The molecule has 3 aliphatic rings. The van der Waals surface area contributed by atoms with Crippen molar-refractivity contribution in [1.82, 2.24) is 0 Å². The Bertz CT molecular complexity index is 608. The van der Waals surface area contributed by atoms with Crippen molar-refractivity contribution in [2.24, 2.45) is 11.8 Å². The van der Waals surface area contributed by atoms with Crippen LogP contribution in [0.25, 0.3) is 0 Å². The standard InChI is InChI=1S/C7H10O3S.C4H8O5S.C2H6/c8-11(9)7-3-4-1-5(7)6(2-4)10-11;1-2-9-4(5)3-10(6,7)8;1-2/h4-7H,1-3H2;2-3H2,1H3,(H,6,7,8);1-2H3/p-1. The minimum Gasteiger partial charge on any atom is -0.748 e. The molecule has 1 aliphatic heterocycles. The Labute approximate surface area is 137 Å². The minimum absolute atomic E-state index is 0.0590. The first kappa shape index (κ1) is 20.3. The SMILES string of the molecule is CC.CCOC(=O)CS(=O)(=O)[O-].O=S1(=O)OC2CC3CC2C1C3. The summed E-state index contributed by atoms with van der Waals surface area (Å²) in [6.45, 7) is 5.60. The largest absolute Gasteiger partial charge is 0.748 e. The molecule has 2 aliphatic carbocycles. The lowest BCUT2D eigenvalue weighted by atomic mass is 9.98. The summed E-state index contributed by atoms with van der Waals surface area (Å²) in [6, 6.07) is 0. The van der Waals surface area contributed by atoms with Crippen LogP contribution in [0.4, 0.5) is 0 Å². The first-order valence-electron chi connectivity index (χ1n) is 7.63. The van der Waals surface area contributed by atoms with E-state index in [1.165, 1.54) is 6.92 Å². The highest BCUT2D eigenvalue weighted by atomic mass is 32.2. The van der Waals surface area contributed by atoms with Gasteiger partial charge >= 0.3 is 5.97 Å². The van der Waals surface area contributed by atoms with Gasteiger partial charge in [-0.3, -0.25) is 8.98 Å². The number of esters is 1. The van der Waals surface area contributed by atoms with Crippen LogP contribution in [0.3, 0.4) is 0 Å². The van der Waals surface area contributed by atoms with E-state index in [9.17, 15) is 26.2 Å². The van der Waals surface area contributed by atoms with Crippen molar-refractivity contribution in [2.75, 3.05) is 12.4 Å². The molecule has 0 aromatic rings. The summed E-state index contributed by atoms with van der Waals surface area (Å²) in [5.74, 6) is -1.09. The van der Waals surface area contributed by atoms with E-state index in [0.29, 0.717) is 11.8 Å². The van der Waals surface area contributed by atoms with Crippen LogP contribution in [-0.2, 0) is 34.0 Å². The monoisotopic (exact) mass is 371 g/mol. The topological polar surface area (TPSA) is 127 Å². The maximum absolute atomic E-state index is 11.3. The van der Waals surface area contributed by atoms with Crippen LogP contribution in [-0.4, -0.2) is 51.1 Å². The number of rotatable bonds is 3. The highest BCUT2D eigenvalue weighted by molar-refractivity contribution is 7.87. The molecule has 1 heterocycles. The molecule has 2 bridgehead atoms. The number of carbonyl (C=O) groups excluding carboxylic acids is 1.